The monoisotopic (exact) mass is 370 g/mol. The lowest BCUT2D eigenvalue weighted by molar-refractivity contribution is 0.0938. The molecule has 0 saturated carbocycles. The molecule has 2 aromatic carbocycles. The van der Waals surface area contributed by atoms with Crippen LogP contribution < -0.4 is 24.8 Å². The number of carbonyl (C=O) groups is 1. The quantitative estimate of drug-likeness (QED) is 0.731. The predicted octanol–water partition coefficient (Wildman–Crippen LogP) is 3.78. The van der Waals surface area contributed by atoms with Gasteiger partial charge < -0.3 is 24.8 Å². The number of hydrogen-bond acceptors (Lipinski definition) is 6. The molecule has 1 aliphatic rings. The van der Waals surface area contributed by atoms with Gasteiger partial charge in [0.15, 0.2) is 11.5 Å². The third kappa shape index (κ3) is 2.52. The number of rotatable bonds is 4. The van der Waals surface area contributed by atoms with Gasteiger partial charge in [0.25, 0.3) is 5.91 Å². The van der Waals surface area contributed by atoms with Crippen molar-refractivity contribution in [2.45, 2.75) is 6.17 Å². The van der Waals surface area contributed by atoms with E-state index in [-0.39, 0.29) is 5.91 Å². The molecule has 0 aliphatic carbocycles. The summed E-state index contributed by atoms with van der Waals surface area (Å²) in [7, 11) is 4.69. The summed E-state index contributed by atoms with van der Waals surface area (Å²) in [6, 6.07) is 11.6. The Bertz CT molecular complexity index is 973. The van der Waals surface area contributed by atoms with Crippen LogP contribution in [-0.4, -0.2) is 27.2 Å². The molecule has 1 aromatic heterocycles. The maximum atomic E-state index is 12.7. The maximum absolute atomic E-state index is 12.7. The summed E-state index contributed by atoms with van der Waals surface area (Å²) in [6.45, 7) is 0. The lowest BCUT2D eigenvalue weighted by Crippen LogP contribution is -2.37. The minimum atomic E-state index is -0.392. The second-order valence-corrected chi connectivity index (χ2v) is 6.86. The third-order valence-corrected chi connectivity index (χ3v) is 5.50. The molecular formula is C19H18N2O4S. The van der Waals surface area contributed by atoms with Crippen molar-refractivity contribution in [2.24, 2.45) is 0 Å². The Hall–Kier alpha value is -2.93. The summed E-state index contributed by atoms with van der Waals surface area (Å²) in [5, 5.41) is 8.23. The number of fused-ring (bicyclic) bond motifs is 3. The molecule has 0 fully saturated rings. The Morgan fingerprint density at radius 3 is 2.31 bits per heavy atom. The van der Waals surface area contributed by atoms with Gasteiger partial charge in [0, 0.05) is 15.6 Å². The van der Waals surface area contributed by atoms with Crippen LogP contribution in [0.15, 0.2) is 36.4 Å². The Balaban J connectivity index is 1.77. The van der Waals surface area contributed by atoms with E-state index in [1.165, 1.54) is 0 Å². The predicted molar refractivity (Wildman–Crippen MR) is 102 cm³/mol. The maximum Gasteiger partial charge on any atom is 0.256 e. The molecule has 1 amide bonds. The molecule has 134 valence electrons. The number of carbonyl (C=O) groups excluding carboxylic acids is 1. The average molecular weight is 370 g/mol. The van der Waals surface area contributed by atoms with E-state index in [9.17, 15) is 4.79 Å². The average Bonchev–Trinajstić information content (AvgIpc) is 3.05. The number of thiophene rings is 1. The van der Waals surface area contributed by atoms with Crippen LogP contribution >= 0.6 is 11.3 Å². The van der Waals surface area contributed by atoms with Gasteiger partial charge in [-0.3, -0.25) is 4.79 Å². The molecule has 4 rings (SSSR count). The second-order valence-electron chi connectivity index (χ2n) is 5.81. The van der Waals surface area contributed by atoms with Gasteiger partial charge in [-0.1, -0.05) is 18.2 Å². The number of hydrogen-bond donors (Lipinski definition) is 2. The van der Waals surface area contributed by atoms with Crippen molar-refractivity contribution < 1.29 is 19.0 Å². The molecular weight excluding hydrogens is 352 g/mol. The summed E-state index contributed by atoms with van der Waals surface area (Å²) >= 11 is 1.57. The SMILES string of the molecule is COc1cc(C2NC(=O)c3c(sc4ccccc34)N2)cc(OC)c1OC. The summed E-state index contributed by atoms with van der Waals surface area (Å²) in [5.41, 5.74) is 1.50. The first-order chi connectivity index (χ1) is 12.7. The zero-order valence-electron chi connectivity index (χ0n) is 14.6. The van der Waals surface area contributed by atoms with E-state index in [0.29, 0.717) is 22.8 Å². The number of nitrogens with one attached hydrogen (secondary N) is 2. The van der Waals surface area contributed by atoms with Crippen molar-refractivity contribution in [3.05, 3.63) is 47.5 Å². The van der Waals surface area contributed by atoms with E-state index in [1.54, 1.807) is 32.7 Å². The molecule has 1 unspecified atom stereocenters. The highest BCUT2D eigenvalue weighted by Crippen LogP contribution is 2.43. The van der Waals surface area contributed by atoms with E-state index in [0.717, 1.165) is 20.7 Å². The van der Waals surface area contributed by atoms with E-state index in [4.69, 9.17) is 14.2 Å². The van der Waals surface area contributed by atoms with Crippen molar-refractivity contribution in [3.8, 4) is 17.2 Å². The Morgan fingerprint density at radius 2 is 1.65 bits per heavy atom. The number of benzene rings is 2. The summed E-state index contributed by atoms with van der Waals surface area (Å²) in [5.74, 6) is 1.50. The highest BCUT2D eigenvalue weighted by atomic mass is 32.1. The van der Waals surface area contributed by atoms with Crippen LogP contribution in [0.3, 0.4) is 0 Å². The van der Waals surface area contributed by atoms with Gasteiger partial charge in [0.05, 0.1) is 26.9 Å². The van der Waals surface area contributed by atoms with Gasteiger partial charge in [0.2, 0.25) is 5.75 Å². The Labute approximate surface area is 154 Å². The van der Waals surface area contributed by atoms with E-state index >= 15 is 0 Å². The molecule has 7 heteroatoms. The Kier molecular flexibility index (Phi) is 4.08. The topological polar surface area (TPSA) is 68.8 Å². The first kappa shape index (κ1) is 16.5. The zero-order chi connectivity index (χ0) is 18.3. The highest BCUT2D eigenvalue weighted by Gasteiger charge is 2.29. The molecule has 1 atom stereocenters. The van der Waals surface area contributed by atoms with Crippen LogP contribution in [0.25, 0.3) is 10.1 Å². The molecule has 2 heterocycles. The van der Waals surface area contributed by atoms with Gasteiger partial charge in [-0.2, -0.15) is 0 Å². The fourth-order valence-corrected chi connectivity index (χ4v) is 4.31. The van der Waals surface area contributed by atoms with Crippen LogP contribution in [0.4, 0.5) is 5.00 Å². The molecule has 6 nitrogen and oxygen atoms in total. The van der Waals surface area contributed by atoms with Gasteiger partial charge in [-0.15, -0.1) is 11.3 Å². The van der Waals surface area contributed by atoms with Gasteiger partial charge in [0.1, 0.15) is 11.2 Å². The lowest BCUT2D eigenvalue weighted by Gasteiger charge is -2.27. The third-order valence-electron chi connectivity index (χ3n) is 4.39. The van der Waals surface area contributed by atoms with Crippen LogP contribution in [0.5, 0.6) is 17.2 Å². The second kappa shape index (κ2) is 6.42. The van der Waals surface area contributed by atoms with Crippen LogP contribution in [0.2, 0.25) is 0 Å². The highest BCUT2D eigenvalue weighted by molar-refractivity contribution is 7.23. The molecule has 26 heavy (non-hydrogen) atoms. The van der Waals surface area contributed by atoms with Crippen molar-refractivity contribution in [1.82, 2.24) is 5.32 Å². The standard InChI is InChI=1S/C19H18N2O4S/c1-23-12-8-10(9-13(24-2)16(12)25-3)17-20-18(22)15-11-6-4-5-7-14(11)26-19(15)21-17/h4-9,17,21H,1-3H3,(H,20,22). The molecule has 3 aromatic rings. The molecule has 2 N–H and O–H groups in total. The van der Waals surface area contributed by atoms with Crippen LogP contribution in [0.1, 0.15) is 22.1 Å². The van der Waals surface area contributed by atoms with Gasteiger partial charge in [-0.05, 0) is 18.2 Å². The minimum absolute atomic E-state index is 0.102. The van der Waals surface area contributed by atoms with Crippen molar-refractivity contribution in [3.63, 3.8) is 0 Å². The van der Waals surface area contributed by atoms with Crippen molar-refractivity contribution in [1.29, 1.82) is 0 Å². The van der Waals surface area contributed by atoms with E-state index < -0.39 is 6.17 Å². The van der Waals surface area contributed by atoms with E-state index in [2.05, 4.69) is 10.6 Å². The van der Waals surface area contributed by atoms with Crippen molar-refractivity contribution >= 4 is 32.3 Å². The number of anilines is 1. The number of amides is 1. The lowest BCUT2D eigenvalue weighted by atomic mass is 10.1. The number of ether oxygens (including phenoxy) is 3. The minimum Gasteiger partial charge on any atom is -0.493 e. The Morgan fingerprint density at radius 1 is 0.962 bits per heavy atom. The molecule has 0 radical (unpaired) electrons. The fourth-order valence-electron chi connectivity index (χ4n) is 3.18. The molecule has 0 bridgehead atoms. The zero-order valence-corrected chi connectivity index (χ0v) is 15.4. The number of methoxy groups -OCH3 is 3. The smallest absolute Gasteiger partial charge is 0.256 e. The summed E-state index contributed by atoms with van der Waals surface area (Å²) < 4.78 is 17.3. The fraction of sp³-hybridized carbons (Fsp3) is 0.211. The molecule has 0 saturated heterocycles. The summed E-state index contributed by atoms with van der Waals surface area (Å²) in [6.07, 6.45) is -0.392. The molecule has 0 spiro atoms. The summed E-state index contributed by atoms with van der Waals surface area (Å²) in [4.78, 5) is 12.7. The first-order valence-corrected chi connectivity index (χ1v) is 8.86. The van der Waals surface area contributed by atoms with E-state index in [1.807, 2.05) is 36.4 Å². The normalized spacial score (nSPS) is 15.8. The van der Waals surface area contributed by atoms with Crippen LogP contribution in [0, 0.1) is 0 Å². The first-order valence-electron chi connectivity index (χ1n) is 8.05. The van der Waals surface area contributed by atoms with Crippen molar-refractivity contribution in [2.75, 3.05) is 26.6 Å². The van der Waals surface area contributed by atoms with Gasteiger partial charge >= 0.3 is 0 Å². The van der Waals surface area contributed by atoms with Gasteiger partial charge in [-0.25, -0.2) is 0 Å². The molecule has 1 aliphatic heterocycles. The largest absolute Gasteiger partial charge is 0.493 e. The van der Waals surface area contributed by atoms with Crippen LogP contribution in [-0.2, 0) is 0 Å².